The number of thioether (sulfide) groups is 1. The highest BCUT2D eigenvalue weighted by Crippen LogP contribution is 2.26. The van der Waals surface area contributed by atoms with Gasteiger partial charge in [0.05, 0.1) is 0 Å². The fourth-order valence-corrected chi connectivity index (χ4v) is 2.53. The van der Waals surface area contributed by atoms with Gasteiger partial charge in [-0.3, -0.25) is 0 Å². The zero-order valence-corrected chi connectivity index (χ0v) is 11.4. The highest BCUT2D eigenvalue weighted by Gasteiger charge is 2.08. The van der Waals surface area contributed by atoms with E-state index in [4.69, 9.17) is 0 Å². The standard InChI is InChI=1S/C14H23NS/c1-4-8-12(9-5-2)15-13-10-6-7-11-14(13)16-3/h6-7,10-12,15H,4-5,8-9H2,1-3H3. The first-order valence-electron chi connectivity index (χ1n) is 6.21. The number of anilines is 1. The number of hydrogen-bond donors (Lipinski definition) is 1. The van der Waals surface area contributed by atoms with Crippen LogP contribution in [0.2, 0.25) is 0 Å². The molecule has 1 N–H and O–H groups in total. The number of rotatable bonds is 7. The molecule has 0 heterocycles. The number of nitrogens with one attached hydrogen (secondary N) is 1. The van der Waals surface area contributed by atoms with Crippen LogP contribution in [0.4, 0.5) is 5.69 Å². The second kappa shape index (κ2) is 7.61. The predicted octanol–water partition coefficient (Wildman–Crippen LogP) is 4.79. The molecule has 0 bridgehead atoms. The number of hydrogen-bond acceptors (Lipinski definition) is 2. The lowest BCUT2D eigenvalue weighted by atomic mass is 10.1. The summed E-state index contributed by atoms with van der Waals surface area (Å²) in [5, 5.41) is 3.68. The first kappa shape index (κ1) is 13.4. The van der Waals surface area contributed by atoms with Crippen LogP contribution in [-0.4, -0.2) is 12.3 Å². The van der Waals surface area contributed by atoms with Crippen molar-refractivity contribution in [2.24, 2.45) is 0 Å². The zero-order chi connectivity index (χ0) is 11.8. The lowest BCUT2D eigenvalue weighted by molar-refractivity contribution is 0.585. The quantitative estimate of drug-likeness (QED) is 0.684. The average molecular weight is 237 g/mol. The maximum Gasteiger partial charge on any atom is 0.0480 e. The number of para-hydroxylation sites is 1. The van der Waals surface area contributed by atoms with Crippen molar-refractivity contribution in [2.75, 3.05) is 11.6 Å². The van der Waals surface area contributed by atoms with E-state index in [2.05, 4.69) is 49.7 Å². The Hall–Kier alpha value is -0.630. The molecular weight excluding hydrogens is 214 g/mol. The average Bonchev–Trinajstić information content (AvgIpc) is 2.30. The van der Waals surface area contributed by atoms with E-state index in [0.717, 1.165) is 0 Å². The molecule has 0 saturated carbocycles. The normalized spacial score (nSPS) is 10.8. The lowest BCUT2D eigenvalue weighted by Crippen LogP contribution is -2.19. The molecule has 0 atom stereocenters. The van der Waals surface area contributed by atoms with Gasteiger partial charge in [-0.2, -0.15) is 0 Å². The van der Waals surface area contributed by atoms with E-state index < -0.39 is 0 Å². The SMILES string of the molecule is CCCC(CCC)Nc1ccccc1SC. The van der Waals surface area contributed by atoms with Gasteiger partial charge in [-0.25, -0.2) is 0 Å². The summed E-state index contributed by atoms with van der Waals surface area (Å²) in [5.74, 6) is 0. The van der Waals surface area contributed by atoms with Gasteiger partial charge in [0.1, 0.15) is 0 Å². The first-order valence-corrected chi connectivity index (χ1v) is 7.43. The Labute approximate surface area is 104 Å². The van der Waals surface area contributed by atoms with Crippen LogP contribution in [0.3, 0.4) is 0 Å². The van der Waals surface area contributed by atoms with Crippen molar-refractivity contribution in [3.8, 4) is 0 Å². The van der Waals surface area contributed by atoms with Crippen LogP contribution in [0.15, 0.2) is 29.2 Å². The van der Waals surface area contributed by atoms with Crippen LogP contribution in [0, 0.1) is 0 Å². The molecule has 0 aliphatic heterocycles. The summed E-state index contributed by atoms with van der Waals surface area (Å²) < 4.78 is 0. The Bertz CT molecular complexity index is 293. The fraction of sp³-hybridized carbons (Fsp3) is 0.571. The molecule has 16 heavy (non-hydrogen) atoms. The fourth-order valence-electron chi connectivity index (χ4n) is 1.97. The smallest absolute Gasteiger partial charge is 0.0480 e. The summed E-state index contributed by atoms with van der Waals surface area (Å²) in [6, 6.07) is 9.21. The van der Waals surface area contributed by atoms with Crippen LogP contribution >= 0.6 is 11.8 Å². The topological polar surface area (TPSA) is 12.0 Å². The summed E-state index contributed by atoms with van der Waals surface area (Å²) in [6.45, 7) is 4.51. The Morgan fingerprint density at radius 3 is 2.31 bits per heavy atom. The summed E-state index contributed by atoms with van der Waals surface area (Å²) in [4.78, 5) is 1.35. The number of benzene rings is 1. The second-order valence-electron chi connectivity index (χ2n) is 4.12. The minimum atomic E-state index is 0.628. The Morgan fingerprint density at radius 2 is 1.75 bits per heavy atom. The van der Waals surface area contributed by atoms with Crippen molar-refractivity contribution >= 4 is 17.4 Å². The molecule has 0 saturated heterocycles. The van der Waals surface area contributed by atoms with E-state index in [1.54, 1.807) is 0 Å². The molecule has 90 valence electrons. The van der Waals surface area contributed by atoms with E-state index in [-0.39, 0.29) is 0 Å². The first-order chi connectivity index (χ1) is 7.81. The maximum atomic E-state index is 3.68. The van der Waals surface area contributed by atoms with E-state index in [0.29, 0.717) is 6.04 Å². The third-order valence-corrected chi connectivity index (χ3v) is 3.54. The van der Waals surface area contributed by atoms with Crippen molar-refractivity contribution in [3.05, 3.63) is 24.3 Å². The molecule has 1 rings (SSSR count). The second-order valence-corrected chi connectivity index (χ2v) is 4.97. The van der Waals surface area contributed by atoms with E-state index >= 15 is 0 Å². The lowest BCUT2D eigenvalue weighted by Gasteiger charge is -2.20. The van der Waals surface area contributed by atoms with Gasteiger partial charge in [0, 0.05) is 16.6 Å². The van der Waals surface area contributed by atoms with Gasteiger partial charge in [-0.05, 0) is 31.2 Å². The Morgan fingerprint density at radius 1 is 1.12 bits per heavy atom. The van der Waals surface area contributed by atoms with Gasteiger partial charge in [-0.15, -0.1) is 11.8 Å². The third-order valence-electron chi connectivity index (χ3n) is 2.74. The molecule has 0 aliphatic carbocycles. The molecule has 1 aromatic carbocycles. The summed E-state index contributed by atoms with van der Waals surface area (Å²) in [6.07, 6.45) is 7.15. The van der Waals surface area contributed by atoms with Crippen LogP contribution < -0.4 is 5.32 Å². The molecule has 2 heteroatoms. The largest absolute Gasteiger partial charge is 0.381 e. The highest BCUT2D eigenvalue weighted by molar-refractivity contribution is 7.98. The molecule has 0 radical (unpaired) electrons. The van der Waals surface area contributed by atoms with E-state index in [1.807, 2.05) is 11.8 Å². The molecule has 0 aromatic heterocycles. The molecule has 1 nitrogen and oxygen atoms in total. The van der Waals surface area contributed by atoms with Crippen LogP contribution in [-0.2, 0) is 0 Å². The van der Waals surface area contributed by atoms with Crippen molar-refractivity contribution in [2.45, 2.75) is 50.5 Å². The molecule has 0 spiro atoms. The summed E-state index contributed by atoms with van der Waals surface area (Å²) in [5.41, 5.74) is 1.29. The van der Waals surface area contributed by atoms with Crippen molar-refractivity contribution in [1.29, 1.82) is 0 Å². The molecule has 1 aromatic rings. The van der Waals surface area contributed by atoms with Crippen molar-refractivity contribution in [1.82, 2.24) is 0 Å². The molecule has 0 unspecified atom stereocenters. The van der Waals surface area contributed by atoms with Crippen LogP contribution in [0.25, 0.3) is 0 Å². The summed E-state index contributed by atoms with van der Waals surface area (Å²) in [7, 11) is 0. The molecule has 0 fully saturated rings. The van der Waals surface area contributed by atoms with Gasteiger partial charge < -0.3 is 5.32 Å². The van der Waals surface area contributed by atoms with Gasteiger partial charge >= 0.3 is 0 Å². The van der Waals surface area contributed by atoms with Crippen molar-refractivity contribution < 1.29 is 0 Å². The van der Waals surface area contributed by atoms with Gasteiger partial charge in [0.25, 0.3) is 0 Å². The minimum Gasteiger partial charge on any atom is -0.381 e. The van der Waals surface area contributed by atoms with Crippen molar-refractivity contribution in [3.63, 3.8) is 0 Å². The van der Waals surface area contributed by atoms with Gasteiger partial charge in [-0.1, -0.05) is 38.8 Å². The minimum absolute atomic E-state index is 0.628. The molecule has 0 amide bonds. The van der Waals surface area contributed by atoms with Gasteiger partial charge in [0.15, 0.2) is 0 Å². The molecule has 0 aliphatic rings. The highest BCUT2D eigenvalue weighted by atomic mass is 32.2. The zero-order valence-electron chi connectivity index (χ0n) is 10.6. The van der Waals surface area contributed by atoms with E-state index in [9.17, 15) is 0 Å². The third kappa shape index (κ3) is 4.09. The van der Waals surface area contributed by atoms with Gasteiger partial charge in [0.2, 0.25) is 0 Å². The predicted molar refractivity (Wildman–Crippen MR) is 75.4 cm³/mol. The van der Waals surface area contributed by atoms with Crippen LogP contribution in [0.1, 0.15) is 39.5 Å². The van der Waals surface area contributed by atoms with Crippen LogP contribution in [0.5, 0.6) is 0 Å². The Kier molecular flexibility index (Phi) is 6.39. The Balaban J connectivity index is 2.67. The monoisotopic (exact) mass is 237 g/mol. The summed E-state index contributed by atoms with van der Waals surface area (Å²) >= 11 is 1.81. The van der Waals surface area contributed by atoms with E-state index in [1.165, 1.54) is 36.3 Å². The maximum absolute atomic E-state index is 3.68. The molecular formula is C14H23NS.